The molecule has 0 amide bonds. The molecular weight excluding hydrogens is 220 g/mol. The van der Waals surface area contributed by atoms with Gasteiger partial charge in [0.05, 0.1) is 6.26 Å². The van der Waals surface area contributed by atoms with E-state index in [1.807, 2.05) is 19.1 Å². The molecular formula is C8H7BrN2O. The summed E-state index contributed by atoms with van der Waals surface area (Å²) in [6.07, 6.45) is 1.64. The van der Waals surface area contributed by atoms with Crippen LogP contribution in [0.2, 0.25) is 0 Å². The molecule has 0 atom stereocenters. The van der Waals surface area contributed by atoms with E-state index in [2.05, 4.69) is 25.9 Å². The summed E-state index contributed by atoms with van der Waals surface area (Å²) in [5.74, 6) is 0.787. The summed E-state index contributed by atoms with van der Waals surface area (Å²) >= 11 is 3.26. The number of halogens is 1. The molecule has 2 aromatic rings. The van der Waals surface area contributed by atoms with Gasteiger partial charge in [0.1, 0.15) is 5.69 Å². The number of H-pyrrole nitrogens is 1. The van der Waals surface area contributed by atoms with Crippen LogP contribution in [0.25, 0.3) is 11.5 Å². The SMILES string of the molecule is Cc1[nH]c(Br)nc1-c1ccco1. The van der Waals surface area contributed by atoms with Crippen molar-refractivity contribution in [3.05, 3.63) is 28.8 Å². The van der Waals surface area contributed by atoms with E-state index in [0.717, 1.165) is 21.9 Å². The van der Waals surface area contributed by atoms with Gasteiger partial charge in [0.15, 0.2) is 10.5 Å². The minimum absolute atomic E-state index is 0.728. The first-order valence-electron chi connectivity index (χ1n) is 3.53. The summed E-state index contributed by atoms with van der Waals surface area (Å²) in [4.78, 5) is 7.26. The molecule has 0 unspecified atom stereocenters. The van der Waals surface area contributed by atoms with Crippen LogP contribution in [0.3, 0.4) is 0 Å². The summed E-state index contributed by atoms with van der Waals surface area (Å²) in [7, 11) is 0. The number of hydrogen-bond donors (Lipinski definition) is 1. The highest BCUT2D eigenvalue weighted by atomic mass is 79.9. The van der Waals surface area contributed by atoms with Crippen LogP contribution in [-0.2, 0) is 0 Å². The molecule has 62 valence electrons. The molecule has 0 spiro atoms. The van der Waals surface area contributed by atoms with Crippen molar-refractivity contribution in [2.45, 2.75) is 6.92 Å². The van der Waals surface area contributed by atoms with E-state index in [4.69, 9.17) is 4.42 Å². The Morgan fingerprint density at radius 3 is 2.92 bits per heavy atom. The maximum absolute atomic E-state index is 5.21. The number of hydrogen-bond acceptors (Lipinski definition) is 2. The van der Waals surface area contributed by atoms with E-state index < -0.39 is 0 Å². The first-order chi connectivity index (χ1) is 5.77. The first-order valence-corrected chi connectivity index (χ1v) is 4.32. The number of aryl methyl sites for hydroxylation is 1. The van der Waals surface area contributed by atoms with Gasteiger partial charge in [-0.25, -0.2) is 4.98 Å². The fourth-order valence-electron chi connectivity index (χ4n) is 1.08. The summed E-state index contributed by atoms with van der Waals surface area (Å²) in [6.45, 7) is 1.95. The third-order valence-electron chi connectivity index (χ3n) is 1.61. The third-order valence-corrected chi connectivity index (χ3v) is 1.99. The normalized spacial score (nSPS) is 10.5. The van der Waals surface area contributed by atoms with Crippen LogP contribution in [0.4, 0.5) is 0 Å². The lowest BCUT2D eigenvalue weighted by molar-refractivity contribution is 0.580. The van der Waals surface area contributed by atoms with Gasteiger partial charge < -0.3 is 9.40 Å². The van der Waals surface area contributed by atoms with Crippen LogP contribution in [-0.4, -0.2) is 9.97 Å². The summed E-state index contributed by atoms with van der Waals surface area (Å²) in [5, 5.41) is 0. The van der Waals surface area contributed by atoms with Crippen LogP contribution in [0.15, 0.2) is 27.5 Å². The smallest absolute Gasteiger partial charge is 0.175 e. The lowest BCUT2D eigenvalue weighted by atomic mass is 10.3. The number of imidazole rings is 1. The van der Waals surface area contributed by atoms with Gasteiger partial charge >= 0.3 is 0 Å². The predicted octanol–water partition coefficient (Wildman–Crippen LogP) is 2.74. The second kappa shape index (κ2) is 2.79. The number of nitrogens with one attached hydrogen (secondary N) is 1. The minimum Gasteiger partial charge on any atom is -0.463 e. The lowest BCUT2D eigenvalue weighted by Gasteiger charge is -1.89. The molecule has 3 nitrogen and oxygen atoms in total. The van der Waals surface area contributed by atoms with Crippen molar-refractivity contribution in [2.75, 3.05) is 0 Å². The van der Waals surface area contributed by atoms with Crippen LogP contribution in [0.1, 0.15) is 5.69 Å². The first kappa shape index (κ1) is 7.61. The molecule has 0 radical (unpaired) electrons. The van der Waals surface area contributed by atoms with Gasteiger partial charge in [0, 0.05) is 5.69 Å². The van der Waals surface area contributed by atoms with Crippen LogP contribution < -0.4 is 0 Å². The predicted molar refractivity (Wildman–Crippen MR) is 48.7 cm³/mol. The fourth-order valence-corrected chi connectivity index (χ4v) is 1.55. The number of furan rings is 1. The second-order valence-corrected chi connectivity index (χ2v) is 3.23. The highest BCUT2D eigenvalue weighted by Gasteiger charge is 2.08. The Balaban J connectivity index is 2.54. The van der Waals surface area contributed by atoms with Crippen molar-refractivity contribution in [1.82, 2.24) is 9.97 Å². The van der Waals surface area contributed by atoms with Gasteiger partial charge in [0.25, 0.3) is 0 Å². The zero-order chi connectivity index (χ0) is 8.55. The van der Waals surface area contributed by atoms with Gasteiger partial charge in [-0.1, -0.05) is 0 Å². The molecule has 0 aliphatic carbocycles. The maximum Gasteiger partial charge on any atom is 0.175 e. The van der Waals surface area contributed by atoms with Gasteiger partial charge in [-0.3, -0.25) is 0 Å². The Hall–Kier alpha value is -1.03. The highest BCUT2D eigenvalue weighted by molar-refractivity contribution is 9.10. The lowest BCUT2D eigenvalue weighted by Crippen LogP contribution is -1.76. The van der Waals surface area contributed by atoms with E-state index in [1.165, 1.54) is 0 Å². The molecule has 2 aromatic heterocycles. The molecule has 0 aliphatic rings. The van der Waals surface area contributed by atoms with E-state index >= 15 is 0 Å². The number of aromatic nitrogens is 2. The summed E-state index contributed by atoms with van der Waals surface area (Å²) < 4.78 is 5.94. The van der Waals surface area contributed by atoms with Crippen LogP contribution >= 0.6 is 15.9 Å². The zero-order valence-electron chi connectivity index (χ0n) is 6.47. The standard InChI is InChI=1S/C8H7BrN2O/c1-5-7(11-8(9)10-5)6-3-2-4-12-6/h2-4H,1H3,(H,10,11). The minimum atomic E-state index is 0.728. The number of nitrogens with zero attached hydrogens (tertiary/aromatic N) is 1. The number of rotatable bonds is 1. The zero-order valence-corrected chi connectivity index (χ0v) is 8.05. The molecule has 4 heteroatoms. The van der Waals surface area contributed by atoms with Crippen LogP contribution in [0.5, 0.6) is 0 Å². The van der Waals surface area contributed by atoms with Crippen molar-refractivity contribution in [1.29, 1.82) is 0 Å². The summed E-state index contributed by atoms with van der Waals surface area (Å²) in [5.41, 5.74) is 1.85. The Bertz CT molecular complexity index is 378. The molecule has 1 N–H and O–H groups in total. The number of aromatic amines is 1. The largest absolute Gasteiger partial charge is 0.463 e. The molecule has 0 saturated carbocycles. The monoisotopic (exact) mass is 226 g/mol. The van der Waals surface area contributed by atoms with Gasteiger partial charge in [-0.2, -0.15) is 0 Å². The van der Waals surface area contributed by atoms with Gasteiger partial charge in [-0.15, -0.1) is 0 Å². The average molecular weight is 227 g/mol. The van der Waals surface area contributed by atoms with E-state index in [0.29, 0.717) is 0 Å². The van der Waals surface area contributed by atoms with E-state index in [1.54, 1.807) is 6.26 Å². The van der Waals surface area contributed by atoms with Crippen molar-refractivity contribution in [3.63, 3.8) is 0 Å². The Morgan fingerprint density at radius 1 is 1.58 bits per heavy atom. The molecule has 2 heterocycles. The molecule has 0 aliphatic heterocycles. The Labute approximate surface area is 77.9 Å². The average Bonchev–Trinajstić information content (AvgIpc) is 2.58. The topological polar surface area (TPSA) is 41.8 Å². The van der Waals surface area contributed by atoms with Crippen LogP contribution in [0, 0.1) is 6.92 Å². The molecule has 0 aromatic carbocycles. The van der Waals surface area contributed by atoms with Gasteiger partial charge in [-0.05, 0) is 35.0 Å². The second-order valence-electron chi connectivity index (χ2n) is 2.48. The Kier molecular flexibility index (Phi) is 1.77. The molecule has 12 heavy (non-hydrogen) atoms. The van der Waals surface area contributed by atoms with Gasteiger partial charge in [0.2, 0.25) is 0 Å². The van der Waals surface area contributed by atoms with Crippen molar-refractivity contribution < 1.29 is 4.42 Å². The molecule has 0 bridgehead atoms. The third kappa shape index (κ3) is 1.18. The van der Waals surface area contributed by atoms with Crippen molar-refractivity contribution in [2.24, 2.45) is 0 Å². The highest BCUT2D eigenvalue weighted by Crippen LogP contribution is 2.22. The summed E-state index contributed by atoms with van der Waals surface area (Å²) in [6, 6.07) is 3.73. The van der Waals surface area contributed by atoms with E-state index in [-0.39, 0.29) is 0 Å². The quantitative estimate of drug-likeness (QED) is 0.813. The fraction of sp³-hybridized carbons (Fsp3) is 0.125. The Morgan fingerprint density at radius 2 is 2.42 bits per heavy atom. The molecule has 2 rings (SSSR count). The van der Waals surface area contributed by atoms with Crippen molar-refractivity contribution >= 4 is 15.9 Å². The maximum atomic E-state index is 5.21. The van der Waals surface area contributed by atoms with Crippen molar-refractivity contribution in [3.8, 4) is 11.5 Å². The van der Waals surface area contributed by atoms with E-state index in [9.17, 15) is 0 Å². The molecule has 0 fully saturated rings. The molecule has 0 saturated heterocycles.